The molecule has 3 N–H and O–H groups in total. The van der Waals surface area contributed by atoms with Gasteiger partial charge in [-0.1, -0.05) is 13.8 Å². The van der Waals surface area contributed by atoms with Crippen LogP contribution in [0.5, 0.6) is 0 Å². The van der Waals surface area contributed by atoms with Crippen molar-refractivity contribution in [3.63, 3.8) is 0 Å². The fraction of sp³-hybridized carbons (Fsp3) is 0.917. The first-order valence-electron chi connectivity index (χ1n) is 6.19. The summed E-state index contributed by atoms with van der Waals surface area (Å²) >= 11 is 0. The minimum atomic E-state index is -0.852. The normalized spacial score (nSPS) is 21.4. The molecule has 5 heteroatoms. The van der Waals surface area contributed by atoms with Gasteiger partial charge in [0.05, 0.1) is 5.60 Å². The summed E-state index contributed by atoms with van der Waals surface area (Å²) in [6.45, 7) is 5.38. The molecule has 1 heterocycles. The molecule has 1 aliphatic rings. The molecule has 1 aliphatic heterocycles. The molecule has 0 aromatic heterocycles. The number of rotatable bonds is 6. The van der Waals surface area contributed by atoms with E-state index in [4.69, 9.17) is 9.84 Å². The summed E-state index contributed by atoms with van der Waals surface area (Å²) < 4.78 is 5.18. The number of hydrogen-bond acceptors (Lipinski definition) is 4. The van der Waals surface area contributed by atoms with Gasteiger partial charge in [0.1, 0.15) is 6.04 Å². The number of carbonyl (C=O) groups is 1. The van der Waals surface area contributed by atoms with Gasteiger partial charge in [-0.05, 0) is 12.3 Å². The molecule has 1 rings (SSSR count). The number of hydrogen-bond donors (Lipinski definition) is 3. The van der Waals surface area contributed by atoms with Crippen LogP contribution in [0.15, 0.2) is 0 Å². The van der Waals surface area contributed by atoms with Gasteiger partial charge in [-0.15, -0.1) is 0 Å². The molecule has 1 unspecified atom stereocenters. The van der Waals surface area contributed by atoms with E-state index >= 15 is 0 Å². The topological polar surface area (TPSA) is 78.8 Å². The molecule has 1 fully saturated rings. The van der Waals surface area contributed by atoms with E-state index in [1.54, 1.807) is 0 Å². The number of nitrogens with one attached hydrogen (secondary N) is 1. The Morgan fingerprint density at radius 3 is 2.47 bits per heavy atom. The summed E-state index contributed by atoms with van der Waals surface area (Å²) in [5.74, 6) is -0.540. The van der Waals surface area contributed by atoms with E-state index in [1.807, 2.05) is 13.8 Å². The predicted octanol–water partition coefficient (Wildman–Crippen LogP) is 0.617. The summed E-state index contributed by atoms with van der Waals surface area (Å²) in [4.78, 5) is 11.0. The molecule has 0 aliphatic carbocycles. The maximum atomic E-state index is 11.0. The Hall–Kier alpha value is -0.650. The molecule has 1 saturated heterocycles. The first kappa shape index (κ1) is 14.4. The Morgan fingerprint density at radius 1 is 1.41 bits per heavy atom. The first-order chi connectivity index (χ1) is 7.93. The molecule has 100 valence electrons. The summed E-state index contributed by atoms with van der Waals surface area (Å²) in [6, 6.07) is -0.582. The van der Waals surface area contributed by atoms with Crippen molar-refractivity contribution in [1.29, 1.82) is 0 Å². The highest BCUT2D eigenvalue weighted by molar-refractivity contribution is 5.73. The Balaban J connectivity index is 2.42. The van der Waals surface area contributed by atoms with Crippen LogP contribution in [0.4, 0.5) is 0 Å². The molecule has 0 radical (unpaired) electrons. The van der Waals surface area contributed by atoms with Crippen molar-refractivity contribution in [2.45, 2.75) is 44.8 Å². The van der Waals surface area contributed by atoms with Gasteiger partial charge < -0.3 is 20.3 Å². The molecule has 17 heavy (non-hydrogen) atoms. The third kappa shape index (κ3) is 5.02. The van der Waals surface area contributed by atoms with Crippen LogP contribution in [0, 0.1) is 5.92 Å². The van der Waals surface area contributed by atoms with E-state index in [-0.39, 0.29) is 0 Å². The lowest BCUT2D eigenvalue weighted by Crippen LogP contribution is -2.50. The number of aliphatic hydroxyl groups is 1. The number of aliphatic carboxylic acids is 1. The second-order valence-corrected chi connectivity index (χ2v) is 5.24. The van der Waals surface area contributed by atoms with Crippen LogP contribution in [0.25, 0.3) is 0 Å². The van der Waals surface area contributed by atoms with Crippen LogP contribution < -0.4 is 5.32 Å². The number of ether oxygens (including phenoxy) is 1. The highest BCUT2D eigenvalue weighted by Gasteiger charge is 2.31. The molecule has 0 bridgehead atoms. The molecule has 0 spiro atoms. The number of carboxylic acids is 1. The Kier molecular flexibility index (Phi) is 5.36. The van der Waals surface area contributed by atoms with Crippen LogP contribution >= 0.6 is 0 Å². The van der Waals surface area contributed by atoms with Gasteiger partial charge >= 0.3 is 5.97 Å². The predicted molar refractivity (Wildman–Crippen MR) is 63.9 cm³/mol. The molecule has 5 nitrogen and oxygen atoms in total. The van der Waals surface area contributed by atoms with Gasteiger partial charge in [0.25, 0.3) is 0 Å². The molecular formula is C12H23NO4. The maximum absolute atomic E-state index is 11.0. The van der Waals surface area contributed by atoms with Gasteiger partial charge in [-0.25, -0.2) is 0 Å². The third-order valence-corrected chi connectivity index (χ3v) is 3.11. The zero-order chi connectivity index (χ0) is 12.9. The van der Waals surface area contributed by atoms with E-state index in [0.717, 1.165) is 0 Å². The highest BCUT2D eigenvalue weighted by atomic mass is 16.5. The molecular weight excluding hydrogens is 222 g/mol. The van der Waals surface area contributed by atoms with Gasteiger partial charge in [-0.3, -0.25) is 4.79 Å². The summed E-state index contributed by atoms with van der Waals surface area (Å²) in [7, 11) is 0. The van der Waals surface area contributed by atoms with Crippen LogP contribution in [0.1, 0.15) is 33.1 Å². The van der Waals surface area contributed by atoms with E-state index in [9.17, 15) is 9.90 Å². The van der Waals surface area contributed by atoms with Crippen molar-refractivity contribution >= 4 is 5.97 Å². The molecule has 1 atom stereocenters. The average Bonchev–Trinajstić information content (AvgIpc) is 2.24. The van der Waals surface area contributed by atoms with Crippen LogP contribution in [-0.4, -0.2) is 47.6 Å². The summed E-state index contributed by atoms with van der Waals surface area (Å²) in [6.07, 6.45) is 1.70. The minimum absolute atomic E-state index is 0.313. The van der Waals surface area contributed by atoms with Gasteiger partial charge in [-0.2, -0.15) is 0 Å². The van der Waals surface area contributed by atoms with Crippen molar-refractivity contribution in [3.05, 3.63) is 0 Å². The standard InChI is InChI=1S/C12H23NO4/c1-9(2)7-10(11(14)15)13-8-12(16)3-5-17-6-4-12/h9-10,13,16H,3-8H2,1-2H3,(H,14,15). The third-order valence-electron chi connectivity index (χ3n) is 3.11. The van der Waals surface area contributed by atoms with Crippen molar-refractivity contribution in [1.82, 2.24) is 5.32 Å². The van der Waals surface area contributed by atoms with Crippen LogP contribution in [0.3, 0.4) is 0 Å². The fourth-order valence-electron chi connectivity index (χ4n) is 1.98. The van der Waals surface area contributed by atoms with E-state index in [0.29, 0.717) is 44.9 Å². The Bertz CT molecular complexity index is 249. The Labute approximate surface area is 102 Å². The maximum Gasteiger partial charge on any atom is 0.320 e. The lowest BCUT2D eigenvalue weighted by molar-refractivity contribution is -0.140. The SMILES string of the molecule is CC(C)CC(NCC1(O)CCOCC1)C(=O)O. The zero-order valence-corrected chi connectivity index (χ0v) is 10.6. The van der Waals surface area contributed by atoms with E-state index in [2.05, 4.69) is 5.32 Å². The largest absolute Gasteiger partial charge is 0.480 e. The quantitative estimate of drug-likeness (QED) is 0.639. The van der Waals surface area contributed by atoms with Gasteiger partial charge in [0.2, 0.25) is 0 Å². The second-order valence-electron chi connectivity index (χ2n) is 5.24. The van der Waals surface area contributed by atoms with E-state index < -0.39 is 17.6 Å². The first-order valence-corrected chi connectivity index (χ1v) is 6.19. The fourth-order valence-corrected chi connectivity index (χ4v) is 1.98. The smallest absolute Gasteiger partial charge is 0.320 e. The molecule has 0 saturated carbocycles. The molecule has 0 aromatic rings. The second kappa shape index (κ2) is 6.33. The summed E-state index contributed by atoms with van der Waals surface area (Å²) in [5, 5.41) is 22.2. The highest BCUT2D eigenvalue weighted by Crippen LogP contribution is 2.19. The van der Waals surface area contributed by atoms with Crippen LogP contribution in [0.2, 0.25) is 0 Å². The molecule has 0 aromatic carbocycles. The van der Waals surface area contributed by atoms with Crippen molar-refractivity contribution in [3.8, 4) is 0 Å². The zero-order valence-electron chi connectivity index (χ0n) is 10.6. The van der Waals surface area contributed by atoms with Gasteiger partial charge in [0.15, 0.2) is 0 Å². The van der Waals surface area contributed by atoms with Crippen molar-refractivity contribution in [2.24, 2.45) is 5.92 Å². The number of carboxylic acid groups (broad SMARTS) is 1. The van der Waals surface area contributed by atoms with Crippen molar-refractivity contribution < 1.29 is 19.7 Å². The van der Waals surface area contributed by atoms with Gasteiger partial charge in [0, 0.05) is 32.6 Å². The van der Waals surface area contributed by atoms with E-state index in [1.165, 1.54) is 0 Å². The lowest BCUT2D eigenvalue weighted by atomic mass is 9.93. The summed E-state index contributed by atoms with van der Waals surface area (Å²) in [5.41, 5.74) is -0.817. The van der Waals surface area contributed by atoms with Crippen molar-refractivity contribution in [2.75, 3.05) is 19.8 Å². The average molecular weight is 245 g/mol. The Morgan fingerprint density at radius 2 is 2.00 bits per heavy atom. The van der Waals surface area contributed by atoms with Crippen LogP contribution in [-0.2, 0) is 9.53 Å². The monoisotopic (exact) mass is 245 g/mol. The molecule has 0 amide bonds. The minimum Gasteiger partial charge on any atom is -0.480 e. The lowest BCUT2D eigenvalue weighted by Gasteiger charge is -2.33.